The van der Waals surface area contributed by atoms with Crippen molar-refractivity contribution in [2.24, 2.45) is 22.7 Å². The Morgan fingerprint density at radius 3 is 1.20 bits per heavy atom. The molecular formula is C30H62. The maximum Gasteiger partial charge on any atom is -0.0349 e. The van der Waals surface area contributed by atoms with E-state index >= 15 is 0 Å². The van der Waals surface area contributed by atoms with Crippen molar-refractivity contribution in [2.45, 2.75) is 171 Å². The fourth-order valence-corrected chi connectivity index (χ4v) is 6.33. The second kappa shape index (κ2) is 16.6. The van der Waals surface area contributed by atoms with Gasteiger partial charge in [0.1, 0.15) is 0 Å². The summed E-state index contributed by atoms with van der Waals surface area (Å²) in [6.45, 7) is 14.1. The lowest BCUT2D eigenvalue weighted by atomic mass is 9.65. The molecule has 0 atom stereocenters. The molecular weight excluding hydrogens is 360 g/mol. The van der Waals surface area contributed by atoms with Gasteiger partial charge in [0.2, 0.25) is 0 Å². The smallest absolute Gasteiger partial charge is 0.0349 e. The van der Waals surface area contributed by atoms with Crippen molar-refractivity contribution >= 4 is 0 Å². The third kappa shape index (κ3) is 14.9. The van der Waals surface area contributed by atoms with Gasteiger partial charge >= 0.3 is 0 Å². The van der Waals surface area contributed by atoms with Gasteiger partial charge in [-0.1, -0.05) is 145 Å². The summed E-state index contributed by atoms with van der Waals surface area (Å²) in [5.41, 5.74) is 1.23. The summed E-state index contributed by atoms with van der Waals surface area (Å²) < 4.78 is 0. The molecule has 0 aromatic rings. The highest BCUT2D eigenvalue weighted by Gasteiger charge is 2.32. The van der Waals surface area contributed by atoms with Gasteiger partial charge in [-0.3, -0.25) is 0 Å². The predicted octanol–water partition coefficient (Wildman–Crippen LogP) is 11.4. The quantitative estimate of drug-likeness (QED) is 0.386. The van der Waals surface area contributed by atoms with E-state index in [1.165, 1.54) is 89.9 Å². The van der Waals surface area contributed by atoms with E-state index in [2.05, 4.69) is 41.5 Å². The Morgan fingerprint density at radius 1 is 0.567 bits per heavy atom. The molecule has 3 fully saturated rings. The van der Waals surface area contributed by atoms with Crippen LogP contribution in [0.1, 0.15) is 171 Å². The lowest BCUT2D eigenvalue weighted by Crippen LogP contribution is -2.28. The summed E-state index contributed by atoms with van der Waals surface area (Å²) in [6, 6.07) is 0. The molecule has 3 aliphatic rings. The Balaban J connectivity index is 0.000000444. The molecule has 0 N–H and O–H groups in total. The number of unbranched alkanes of at least 4 members (excludes halogenated alkanes) is 3. The summed E-state index contributed by atoms with van der Waals surface area (Å²) >= 11 is 0. The first-order valence-electron chi connectivity index (χ1n) is 13.8. The average molecular weight is 423 g/mol. The summed E-state index contributed by atoms with van der Waals surface area (Å²) in [7, 11) is 0. The lowest BCUT2D eigenvalue weighted by molar-refractivity contribution is 0.116. The summed E-state index contributed by atoms with van der Waals surface area (Å²) in [4.78, 5) is 0. The normalized spacial score (nSPS) is 23.8. The molecule has 3 rings (SSSR count). The van der Waals surface area contributed by atoms with Crippen LogP contribution in [-0.4, -0.2) is 0 Å². The maximum absolute atomic E-state index is 2.40. The fraction of sp³-hybridized carbons (Fsp3) is 1.00. The first-order chi connectivity index (χ1) is 13.8. The van der Waals surface area contributed by atoms with Crippen LogP contribution in [0.25, 0.3) is 0 Å². The van der Waals surface area contributed by atoms with E-state index in [0.717, 1.165) is 11.8 Å². The molecule has 0 unspecified atom stereocenters. The molecule has 30 heavy (non-hydrogen) atoms. The predicted molar refractivity (Wildman–Crippen MR) is 140 cm³/mol. The zero-order valence-electron chi connectivity index (χ0n) is 21.6. The van der Waals surface area contributed by atoms with E-state index in [9.17, 15) is 0 Å². The molecule has 0 aromatic heterocycles. The van der Waals surface area contributed by atoms with Crippen LogP contribution in [0.3, 0.4) is 0 Å². The Kier molecular flexibility index (Phi) is 16.6. The Hall–Kier alpha value is 0. The van der Waals surface area contributed by atoms with Crippen LogP contribution in [0.4, 0.5) is 0 Å². The summed E-state index contributed by atoms with van der Waals surface area (Å²) in [5.74, 6) is 2.24. The second-order valence-electron chi connectivity index (χ2n) is 12.3. The second-order valence-corrected chi connectivity index (χ2v) is 12.3. The molecule has 3 aliphatic carbocycles. The molecule has 0 amide bonds. The van der Waals surface area contributed by atoms with Gasteiger partial charge in [-0.25, -0.2) is 0 Å². The zero-order chi connectivity index (χ0) is 21.6. The highest BCUT2D eigenvalue weighted by Crippen LogP contribution is 2.45. The number of hydrogen-bond acceptors (Lipinski definition) is 0. The van der Waals surface area contributed by atoms with Crippen molar-refractivity contribution in [1.29, 1.82) is 0 Å². The number of hydrogen-bond donors (Lipinski definition) is 0. The van der Waals surface area contributed by atoms with Gasteiger partial charge in [-0.2, -0.15) is 0 Å². The minimum absolute atomic E-state index is 0. The van der Waals surface area contributed by atoms with E-state index < -0.39 is 0 Å². The molecule has 0 heterocycles. The van der Waals surface area contributed by atoms with Crippen LogP contribution in [-0.2, 0) is 0 Å². The van der Waals surface area contributed by atoms with Gasteiger partial charge in [0.15, 0.2) is 0 Å². The number of rotatable bonds is 5. The molecule has 0 aliphatic heterocycles. The van der Waals surface area contributed by atoms with Crippen LogP contribution in [0.15, 0.2) is 0 Å². The molecule has 3 saturated carbocycles. The third-order valence-corrected chi connectivity index (χ3v) is 7.74. The minimum atomic E-state index is 0. The third-order valence-electron chi connectivity index (χ3n) is 7.74. The maximum atomic E-state index is 2.40. The van der Waals surface area contributed by atoms with E-state index in [4.69, 9.17) is 0 Å². The van der Waals surface area contributed by atoms with Crippen molar-refractivity contribution in [3.63, 3.8) is 0 Å². The molecule has 182 valence electrons. The molecule has 0 radical (unpaired) electrons. The average Bonchev–Trinajstić information content (AvgIpc) is 2.67. The molecule has 0 nitrogen and oxygen atoms in total. The fourth-order valence-electron chi connectivity index (χ4n) is 6.33. The Bertz CT molecular complexity index is 331. The van der Waals surface area contributed by atoms with Crippen LogP contribution < -0.4 is 0 Å². The SMILES string of the molecule is C.C1CCC(CC2CCCCC2)CC1.CC1(C)CCCC(C)(C)C1.CCCCCC. The zero-order valence-corrected chi connectivity index (χ0v) is 21.6. The molecule has 0 spiro atoms. The topological polar surface area (TPSA) is 0 Å². The van der Waals surface area contributed by atoms with Gasteiger partial charge in [-0.05, 0) is 48.3 Å². The van der Waals surface area contributed by atoms with Crippen molar-refractivity contribution in [2.75, 3.05) is 0 Å². The Morgan fingerprint density at radius 2 is 0.933 bits per heavy atom. The van der Waals surface area contributed by atoms with Crippen LogP contribution >= 0.6 is 0 Å². The largest absolute Gasteiger partial charge is 0.0776 e. The summed E-state index contributed by atoms with van der Waals surface area (Å²) in [6.07, 6.45) is 28.1. The van der Waals surface area contributed by atoms with Crippen molar-refractivity contribution in [3.8, 4) is 0 Å². The molecule has 0 bridgehead atoms. The van der Waals surface area contributed by atoms with Gasteiger partial charge in [0.25, 0.3) is 0 Å². The van der Waals surface area contributed by atoms with Gasteiger partial charge in [0.05, 0.1) is 0 Å². The monoisotopic (exact) mass is 422 g/mol. The van der Waals surface area contributed by atoms with E-state index in [1.54, 1.807) is 32.1 Å². The first kappa shape index (κ1) is 30.0. The molecule has 0 saturated heterocycles. The van der Waals surface area contributed by atoms with Gasteiger partial charge in [0, 0.05) is 0 Å². The van der Waals surface area contributed by atoms with Gasteiger partial charge < -0.3 is 0 Å². The Labute approximate surface area is 193 Å². The van der Waals surface area contributed by atoms with Crippen molar-refractivity contribution in [3.05, 3.63) is 0 Å². The minimum Gasteiger partial charge on any atom is -0.0776 e. The summed E-state index contributed by atoms with van der Waals surface area (Å²) in [5, 5.41) is 0. The highest BCUT2D eigenvalue weighted by atomic mass is 14.4. The van der Waals surface area contributed by atoms with E-state index in [-0.39, 0.29) is 7.43 Å². The molecule has 0 heteroatoms. The first-order valence-corrected chi connectivity index (χ1v) is 13.8. The van der Waals surface area contributed by atoms with Crippen molar-refractivity contribution in [1.82, 2.24) is 0 Å². The highest BCUT2D eigenvalue weighted by molar-refractivity contribution is 4.84. The van der Waals surface area contributed by atoms with Gasteiger partial charge in [-0.15, -0.1) is 0 Å². The van der Waals surface area contributed by atoms with Crippen LogP contribution in [0.2, 0.25) is 0 Å². The standard InChI is InChI=1S/C13H24.C10H20.C6H14.CH4/c1-3-7-12(8-4-1)11-13-9-5-2-6-10-13;1-9(2)6-5-7-10(3,4)8-9;1-3-5-6-4-2;/h12-13H,1-11H2;5-8H2,1-4H3;3-6H2,1-2H3;1H4. The van der Waals surface area contributed by atoms with Crippen molar-refractivity contribution < 1.29 is 0 Å². The van der Waals surface area contributed by atoms with Crippen LogP contribution in [0.5, 0.6) is 0 Å². The molecule has 0 aromatic carbocycles. The van der Waals surface area contributed by atoms with E-state index in [1.807, 2.05) is 0 Å². The van der Waals surface area contributed by atoms with E-state index in [0.29, 0.717) is 10.8 Å². The van der Waals surface area contributed by atoms with Crippen LogP contribution in [0, 0.1) is 22.7 Å². The lowest BCUT2D eigenvalue weighted by Gasteiger charge is -2.40.